The van der Waals surface area contributed by atoms with Crippen molar-refractivity contribution in [3.63, 3.8) is 0 Å². The molecule has 25 heavy (non-hydrogen) atoms. The van der Waals surface area contributed by atoms with Gasteiger partial charge in [0.05, 0.1) is 5.70 Å². The number of hydrogen-bond acceptors (Lipinski definition) is 4. The van der Waals surface area contributed by atoms with Crippen molar-refractivity contribution in [1.82, 2.24) is 9.88 Å². The van der Waals surface area contributed by atoms with E-state index in [0.29, 0.717) is 0 Å². The van der Waals surface area contributed by atoms with Gasteiger partial charge in [-0.15, -0.1) is 11.8 Å². The second-order valence-electron chi connectivity index (χ2n) is 6.73. The van der Waals surface area contributed by atoms with Crippen LogP contribution in [0.3, 0.4) is 0 Å². The molecule has 3 heterocycles. The van der Waals surface area contributed by atoms with Gasteiger partial charge in [0, 0.05) is 35.5 Å². The fourth-order valence-electron chi connectivity index (χ4n) is 3.37. The molecule has 2 atom stereocenters. The minimum atomic E-state index is -0.209. The number of hydrogen-bond donors (Lipinski definition) is 1. The zero-order valence-corrected chi connectivity index (χ0v) is 15.5. The van der Waals surface area contributed by atoms with Crippen molar-refractivity contribution in [2.45, 2.75) is 36.9 Å². The van der Waals surface area contributed by atoms with Crippen molar-refractivity contribution in [2.24, 2.45) is 9.98 Å². The molecule has 0 fully saturated rings. The lowest BCUT2D eigenvalue weighted by Gasteiger charge is -2.30. The molecule has 0 saturated heterocycles. The molecule has 4 nitrogen and oxygen atoms in total. The molecular weight excluding hydrogens is 328 g/mol. The Morgan fingerprint density at radius 3 is 2.72 bits per heavy atom. The summed E-state index contributed by atoms with van der Waals surface area (Å²) in [7, 11) is 0. The Bertz CT molecular complexity index is 848. The summed E-state index contributed by atoms with van der Waals surface area (Å²) >= 11 is 1.77. The first-order valence-electron chi connectivity index (χ1n) is 8.48. The molecule has 5 heteroatoms. The van der Waals surface area contributed by atoms with Crippen molar-refractivity contribution in [2.75, 3.05) is 6.26 Å². The van der Waals surface area contributed by atoms with Crippen LogP contribution < -0.4 is 0 Å². The van der Waals surface area contributed by atoms with E-state index >= 15 is 0 Å². The van der Waals surface area contributed by atoms with E-state index in [4.69, 9.17) is 4.99 Å². The number of aromatic nitrogens is 1. The predicted octanol–water partition coefficient (Wildman–Crippen LogP) is 4.22. The highest BCUT2D eigenvalue weighted by Crippen LogP contribution is 2.34. The summed E-state index contributed by atoms with van der Waals surface area (Å²) in [5.74, 6) is 0.848. The zero-order chi connectivity index (χ0) is 17.4. The summed E-state index contributed by atoms with van der Waals surface area (Å²) in [6.07, 6.45) is 10.5. The average Bonchev–Trinajstić information content (AvgIpc) is 3.26. The predicted molar refractivity (Wildman–Crippen MR) is 105 cm³/mol. The monoisotopic (exact) mass is 350 g/mol. The Kier molecular flexibility index (Phi) is 4.04. The number of aromatic amines is 1. The Balaban J connectivity index is 1.64. The largest absolute Gasteiger partial charge is 0.367 e. The fraction of sp³-hybridized carbons (Fsp3) is 0.300. The second-order valence-corrected chi connectivity index (χ2v) is 7.61. The molecule has 0 aliphatic carbocycles. The summed E-state index contributed by atoms with van der Waals surface area (Å²) in [4.78, 5) is 16.2. The number of amidine groups is 1. The smallest absolute Gasteiger partial charge is 0.172 e. The quantitative estimate of drug-likeness (QED) is 0.839. The topological polar surface area (TPSA) is 43.8 Å². The van der Waals surface area contributed by atoms with Gasteiger partial charge in [-0.25, -0.2) is 9.98 Å². The van der Waals surface area contributed by atoms with Gasteiger partial charge in [-0.05, 0) is 55.5 Å². The molecule has 0 spiro atoms. The van der Waals surface area contributed by atoms with Crippen LogP contribution in [0.15, 0.2) is 69.4 Å². The van der Waals surface area contributed by atoms with Crippen LogP contribution >= 0.6 is 11.8 Å². The molecule has 0 radical (unpaired) electrons. The normalized spacial score (nSPS) is 24.9. The summed E-state index contributed by atoms with van der Waals surface area (Å²) in [5, 5.41) is 0. The summed E-state index contributed by atoms with van der Waals surface area (Å²) in [6, 6.07) is 10.9. The van der Waals surface area contributed by atoms with Crippen molar-refractivity contribution in [3.05, 3.63) is 65.6 Å². The zero-order valence-electron chi connectivity index (χ0n) is 14.7. The van der Waals surface area contributed by atoms with Gasteiger partial charge < -0.3 is 9.88 Å². The number of benzene rings is 1. The van der Waals surface area contributed by atoms with Crippen LogP contribution in [-0.2, 0) is 12.0 Å². The third-order valence-corrected chi connectivity index (χ3v) is 5.67. The molecule has 0 bridgehead atoms. The number of nitrogens with one attached hydrogen (secondary N) is 1. The molecule has 4 rings (SSSR count). The van der Waals surface area contributed by atoms with E-state index in [1.165, 1.54) is 16.0 Å². The first kappa shape index (κ1) is 16.2. The van der Waals surface area contributed by atoms with Crippen molar-refractivity contribution >= 4 is 23.8 Å². The highest BCUT2D eigenvalue weighted by atomic mass is 32.2. The standard InChI is InChI=1S/C20H22N4S/c1-14-23-19-18(10-20(2,13-22-19)16-8-9-21-11-16)24(14)12-15-4-6-17(25-3)7-5-15/h4-11,13-14,21H,12H2,1-3H3. The van der Waals surface area contributed by atoms with E-state index in [2.05, 4.69) is 71.4 Å². The van der Waals surface area contributed by atoms with Crippen LogP contribution in [0.2, 0.25) is 0 Å². The first-order valence-corrected chi connectivity index (χ1v) is 9.71. The van der Waals surface area contributed by atoms with Crippen LogP contribution in [0.25, 0.3) is 0 Å². The van der Waals surface area contributed by atoms with Crippen molar-refractivity contribution in [1.29, 1.82) is 0 Å². The lowest BCUT2D eigenvalue weighted by Crippen LogP contribution is -2.32. The summed E-state index contributed by atoms with van der Waals surface area (Å²) in [6.45, 7) is 5.16. The maximum atomic E-state index is 4.73. The molecule has 0 saturated carbocycles. The maximum absolute atomic E-state index is 4.73. The molecule has 2 aromatic rings. The number of H-pyrrole nitrogens is 1. The Morgan fingerprint density at radius 2 is 2.04 bits per heavy atom. The summed E-state index contributed by atoms with van der Waals surface area (Å²) in [5.41, 5.74) is 3.43. The van der Waals surface area contributed by atoms with E-state index in [-0.39, 0.29) is 11.6 Å². The van der Waals surface area contributed by atoms with Gasteiger partial charge >= 0.3 is 0 Å². The van der Waals surface area contributed by atoms with E-state index < -0.39 is 0 Å². The minimum absolute atomic E-state index is 0.104. The Labute approximate surface area is 152 Å². The van der Waals surface area contributed by atoms with Gasteiger partial charge in [0.2, 0.25) is 0 Å². The van der Waals surface area contributed by atoms with Gasteiger partial charge in [-0.1, -0.05) is 12.1 Å². The minimum Gasteiger partial charge on any atom is -0.367 e. The van der Waals surface area contributed by atoms with Crippen LogP contribution in [0, 0.1) is 0 Å². The number of fused-ring (bicyclic) bond motifs is 1. The number of nitrogens with zero attached hydrogens (tertiary/aromatic N) is 3. The van der Waals surface area contributed by atoms with Gasteiger partial charge in [0.15, 0.2) is 5.84 Å². The third kappa shape index (κ3) is 2.93. The first-order chi connectivity index (χ1) is 12.1. The van der Waals surface area contributed by atoms with Crippen molar-refractivity contribution < 1.29 is 0 Å². The lowest BCUT2D eigenvalue weighted by molar-refractivity contribution is 0.296. The van der Waals surface area contributed by atoms with Gasteiger partial charge in [-0.2, -0.15) is 0 Å². The van der Waals surface area contributed by atoms with E-state index in [1.807, 2.05) is 18.6 Å². The van der Waals surface area contributed by atoms with Crippen LogP contribution in [0.4, 0.5) is 0 Å². The molecule has 2 unspecified atom stereocenters. The van der Waals surface area contributed by atoms with Crippen LogP contribution in [0.1, 0.15) is 25.0 Å². The van der Waals surface area contributed by atoms with Crippen LogP contribution in [0.5, 0.6) is 0 Å². The maximum Gasteiger partial charge on any atom is 0.172 e. The number of aliphatic imine (C=N–C) groups is 2. The van der Waals surface area contributed by atoms with Gasteiger partial charge in [-0.3, -0.25) is 0 Å². The number of thioether (sulfide) groups is 1. The molecular formula is C20H22N4S. The highest BCUT2D eigenvalue weighted by Gasteiger charge is 2.35. The van der Waals surface area contributed by atoms with Gasteiger partial charge in [0.1, 0.15) is 6.17 Å². The molecule has 2 aliphatic heterocycles. The number of allylic oxidation sites excluding steroid dienone is 1. The highest BCUT2D eigenvalue weighted by molar-refractivity contribution is 7.98. The Morgan fingerprint density at radius 1 is 1.24 bits per heavy atom. The van der Waals surface area contributed by atoms with E-state index in [0.717, 1.165) is 18.1 Å². The Hall–Kier alpha value is -2.27. The summed E-state index contributed by atoms with van der Waals surface area (Å²) < 4.78 is 0. The molecule has 1 N–H and O–H groups in total. The molecule has 1 aromatic carbocycles. The SMILES string of the molecule is CSc1ccc(CN2C3=CC(C)(c4cc[nH]c4)C=NC3=NC2C)cc1. The van der Waals surface area contributed by atoms with E-state index in [1.54, 1.807) is 11.8 Å². The number of dihydropyridines is 1. The van der Waals surface area contributed by atoms with Gasteiger partial charge in [0.25, 0.3) is 0 Å². The molecule has 1 aromatic heterocycles. The van der Waals surface area contributed by atoms with Crippen molar-refractivity contribution in [3.8, 4) is 0 Å². The van der Waals surface area contributed by atoms with Crippen LogP contribution in [-0.4, -0.2) is 34.4 Å². The van der Waals surface area contributed by atoms with E-state index in [9.17, 15) is 0 Å². The molecule has 2 aliphatic rings. The number of rotatable bonds is 4. The fourth-order valence-corrected chi connectivity index (χ4v) is 3.78. The molecule has 0 amide bonds. The second kappa shape index (κ2) is 6.23. The average molecular weight is 350 g/mol. The third-order valence-electron chi connectivity index (χ3n) is 4.92. The molecule has 128 valence electrons. The lowest BCUT2D eigenvalue weighted by atomic mass is 9.83.